The van der Waals surface area contributed by atoms with Gasteiger partial charge in [-0.2, -0.15) is 0 Å². The van der Waals surface area contributed by atoms with Gasteiger partial charge in [-0.15, -0.1) is 0 Å². The van der Waals surface area contributed by atoms with Gasteiger partial charge in [0.1, 0.15) is 11.6 Å². The van der Waals surface area contributed by atoms with Gasteiger partial charge in [-0.25, -0.2) is 14.0 Å². The summed E-state index contributed by atoms with van der Waals surface area (Å²) in [6, 6.07) is 4.88. The molecule has 0 saturated heterocycles. The van der Waals surface area contributed by atoms with Gasteiger partial charge in [0.25, 0.3) is 0 Å². The molecule has 5 nitrogen and oxygen atoms in total. The summed E-state index contributed by atoms with van der Waals surface area (Å²) in [6.45, 7) is 2.89. The third-order valence-corrected chi connectivity index (χ3v) is 1.97. The third kappa shape index (κ3) is 5.31. The number of hydrogen-bond acceptors (Lipinski definition) is 5. The molecular formula is C13H13FO5. The Morgan fingerprint density at radius 2 is 1.84 bits per heavy atom. The van der Waals surface area contributed by atoms with Gasteiger partial charge < -0.3 is 14.2 Å². The maximum Gasteiger partial charge on any atom is 0.349 e. The highest BCUT2D eigenvalue weighted by atomic mass is 19.1. The van der Waals surface area contributed by atoms with Gasteiger partial charge in [0, 0.05) is 7.11 Å². The van der Waals surface area contributed by atoms with Crippen molar-refractivity contribution in [3.63, 3.8) is 0 Å². The van der Waals surface area contributed by atoms with Crippen molar-refractivity contribution in [3.8, 4) is 5.75 Å². The summed E-state index contributed by atoms with van der Waals surface area (Å²) in [4.78, 5) is 22.6. The van der Waals surface area contributed by atoms with Gasteiger partial charge >= 0.3 is 11.9 Å². The van der Waals surface area contributed by atoms with Crippen LogP contribution in [0.3, 0.4) is 0 Å². The zero-order valence-corrected chi connectivity index (χ0v) is 10.3. The third-order valence-electron chi connectivity index (χ3n) is 1.97. The molecule has 0 radical (unpaired) electrons. The molecule has 1 aromatic rings. The van der Waals surface area contributed by atoms with Crippen LogP contribution in [0.5, 0.6) is 5.75 Å². The first-order chi connectivity index (χ1) is 9.02. The van der Waals surface area contributed by atoms with E-state index in [1.807, 2.05) is 0 Å². The van der Waals surface area contributed by atoms with Crippen molar-refractivity contribution in [1.29, 1.82) is 0 Å². The minimum absolute atomic E-state index is 0.0197. The molecule has 1 aromatic carbocycles. The van der Waals surface area contributed by atoms with Crippen LogP contribution in [-0.2, 0) is 19.1 Å². The van der Waals surface area contributed by atoms with E-state index in [1.165, 1.54) is 19.2 Å². The molecule has 0 atom stereocenters. The van der Waals surface area contributed by atoms with Crippen molar-refractivity contribution in [3.05, 3.63) is 42.2 Å². The minimum Gasteiger partial charge on any atom is -0.450 e. The van der Waals surface area contributed by atoms with E-state index in [-0.39, 0.29) is 17.9 Å². The number of carbonyl (C=O) groups is 2. The topological polar surface area (TPSA) is 61.8 Å². The molecule has 0 aromatic heterocycles. The van der Waals surface area contributed by atoms with Crippen molar-refractivity contribution in [2.75, 3.05) is 20.3 Å². The zero-order valence-electron chi connectivity index (χ0n) is 10.3. The number of carbonyl (C=O) groups excluding carboxylic acids is 2. The number of halogens is 1. The molecule has 0 bridgehead atoms. The SMILES string of the molecule is C=C(COC)C(=O)OCC(=O)Oc1ccc(F)cc1. The number of ether oxygens (including phenoxy) is 3. The Kier molecular flexibility index (Phi) is 5.69. The average Bonchev–Trinajstić information content (AvgIpc) is 2.39. The lowest BCUT2D eigenvalue weighted by Crippen LogP contribution is -2.20. The van der Waals surface area contributed by atoms with Gasteiger partial charge in [-0.3, -0.25) is 0 Å². The van der Waals surface area contributed by atoms with Crippen molar-refractivity contribution in [2.45, 2.75) is 0 Å². The monoisotopic (exact) mass is 268 g/mol. The second-order valence-corrected chi connectivity index (χ2v) is 3.54. The van der Waals surface area contributed by atoms with E-state index in [0.717, 1.165) is 12.1 Å². The molecule has 0 spiro atoms. The summed E-state index contributed by atoms with van der Waals surface area (Å²) in [7, 11) is 1.40. The molecule has 0 unspecified atom stereocenters. The lowest BCUT2D eigenvalue weighted by atomic mass is 10.3. The Morgan fingerprint density at radius 1 is 1.21 bits per heavy atom. The molecular weight excluding hydrogens is 255 g/mol. The van der Waals surface area contributed by atoms with Gasteiger partial charge in [-0.05, 0) is 24.3 Å². The van der Waals surface area contributed by atoms with Crippen LogP contribution < -0.4 is 4.74 Å². The van der Waals surface area contributed by atoms with Crippen LogP contribution in [0.2, 0.25) is 0 Å². The molecule has 1 rings (SSSR count). The lowest BCUT2D eigenvalue weighted by Gasteiger charge is -2.06. The van der Waals surface area contributed by atoms with Crippen LogP contribution in [0.4, 0.5) is 4.39 Å². The minimum atomic E-state index is -0.773. The normalized spacial score (nSPS) is 9.79. The summed E-state index contributed by atoms with van der Waals surface area (Å²) in [6.07, 6.45) is 0. The summed E-state index contributed by atoms with van der Waals surface area (Å²) in [5, 5.41) is 0. The van der Waals surface area contributed by atoms with Crippen molar-refractivity contribution in [2.24, 2.45) is 0 Å². The fourth-order valence-electron chi connectivity index (χ4n) is 1.12. The lowest BCUT2D eigenvalue weighted by molar-refractivity contribution is -0.151. The number of rotatable bonds is 6. The predicted octanol–water partition coefficient (Wildman–Crippen LogP) is 1.48. The highest BCUT2D eigenvalue weighted by Crippen LogP contribution is 2.11. The van der Waals surface area contributed by atoms with Crippen molar-refractivity contribution in [1.82, 2.24) is 0 Å². The number of methoxy groups -OCH3 is 1. The van der Waals surface area contributed by atoms with Gasteiger partial charge in [0.2, 0.25) is 0 Å². The fraction of sp³-hybridized carbons (Fsp3) is 0.231. The van der Waals surface area contributed by atoms with Crippen LogP contribution in [0, 0.1) is 5.82 Å². The standard InChI is InChI=1S/C13H13FO5/c1-9(7-17-2)13(16)18-8-12(15)19-11-5-3-10(14)4-6-11/h3-6H,1,7-8H2,2H3. The van der Waals surface area contributed by atoms with Gasteiger partial charge in [-0.1, -0.05) is 6.58 Å². The second kappa shape index (κ2) is 7.27. The molecule has 6 heteroatoms. The molecule has 0 heterocycles. The highest BCUT2D eigenvalue weighted by Gasteiger charge is 2.12. The Hall–Kier alpha value is -2.21. The maximum absolute atomic E-state index is 12.6. The first-order valence-electron chi connectivity index (χ1n) is 5.33. The van der Waals surface area contributed by atoms with E-state index in [4.69, 9.17) is 4.74 Å². The second-order valence-electron chi connectivity index (χ2n) is 3.54. The zero-order chi connectivity index (χ0) is 14.3. The smallest absolute Gasteiger partial charge is 0.349 e. The van der Waals surface area contributed by atoms with Crippen LogP contribution in [0.25, 0.3) is 0 Å². The molecule has 0 aliphatic rings. The van der Waals surface area contributed by atoms with E-state index in [9.17, 15) is 14.0 Å². The summed E-state index contributed by atoms with van der Waals surface area (Å²) < 4.78 is 26.8. The Morgan fingerprint density at radius 3 is 2.42 bits per heavy atom. The summed E-state index contributed by atoms with van der Waals surface area (Å²) in [5.74, 6) is -1.79. The quantitative estimate of drug-likeness (QED) is 0.444. The molecule has 0 N–H and O–H groups in total. The number of esters is 2. The van der Waals surface area contributed by atoms with E-state index in [2.05, 4.69) is 16.1 Å². The van der Waals surface area contributed by atoms with Crippen molar-refractivity contribution >= 4 is 11.9 Å². The Labute approximate surface area is 109 Å². The first-order valence-corrected chi connectivity index (χ1v) is 5.33. The molecule has 0 saturated carbocycles. The van der Waals surface area contributed by atoms with E-state index in [1.54, 1.807) is 0 Å². The van der Waals surface area contributed by atoms with E-state index in [0.29, 0.717) is 0 Å². The van der Waals surface area contributed by atoms with E-state index < -0.39 is 24.4 Å². The highest BCUT2D eigenvalue weighted by molar-refractivity contribution is 5.89. The number of benzene rings is 1. The predicted molar refractivity (Wildman–Crippen MR) is 64.0 cm³/mol. The van der Waals surface area contributed by atoms with Gasteiger partial charge in [0.05, 0.1) is 12.2 Å². The van der Waals surface area contributed by atoms with Crippen LogP contribution in [0.15, 0.2) is 36.4 Å². The molecule has 102 valence electrons. The maximum atomic E-state index is 12.6. The fourth-order valence-corrected chi connectivity index (χ4v) is 1.12. The average molecular weight is 268 g/mol. The van der Waals surface area contributed by atoms with Crippen LogP contribution in [0.1, 0.15) is 0 Å². The molecule has 0 fully saturated rings. The summed E-state index contributed by atoms with van der Waals surface area (Å²) >= 11 is 0. The van der Waals surface area contributed by atoms with Crippen LogP contribution in [-0.4, -0.2) is 32.3 Å². The van der Waals surface area contributed by atoms with Crippen LogP contribution >= 0.6 is 0 Å². The van der Waals surface area contributed by atoms with Crippen molar-refractivity contribution < 1.29 is 28.2 Å². The Balaban J connectivity index is 2.37. The molecule has 0 aliphatic heterocycles. The molecule has 19 heavy (non-hydrogen) atoms. The van der Waals surface area contributed by atoms with E-state index >= 15 is 0 Å². The van der Waals surface area contributed by atoms with Gasteiger partial charge in [0.15, 0.2) is 6.61 Å². The number of hydrogen-bond donors (Lipinski definition) is 0. The largest absolute Gasteiger partial charge is 0.450 e. The Bertz CT molecular complexity index is 466. The molecule has 0 amide bonds. The molecule has 0 aliphatic carbocycles. The first kappa shape index (κ1) is 14.8. The summed E-state index contributed by atoms with van der Waals surface area (Å²) in [5.41, 5.74) is 0.0945.